The molecule has 0 saturated heterocycles. The maximum atomic E-state index is 13.7. The van der Waals surface area contributed by atoms with Gasteiger partial charge in [-0.15, -0.1) is 5.10 Å². The lowest BCUT2D eigenvalue weighted by Gasteiger charge is -2.11. The summed E-state index contributed by atoms with van der Waals surface area (Å²) in [5, 5.41) is 8.36. The number of anilines is 1. The monoisotopic (exact) mass is 469 g/mol. The zero-order chi connectivity index (χ0) is 22.8. The number of benzene rings is 2. The van der Waals surface area contributed by atoms with Crippen LogP contribution < -0.4 is 5.32 Å². The molecule has 2 aromatic carbocycles. The van der Waals surface area contributed by atoms with Gasteiger partial charge in [0.15, 0.2) is 0 Å². The second-order valence-corrected chi connectivity index (χ2v) is 8.79. The molecule has 2 aromatic heterocycles. The van der Waals surface area contributed by atoms with E-state index in [0.29, 0.717) is 33.6 Å². The SMILES string of the molecule is Cc1ccc(NC(=O)CSc2nc3nc(C)c(Cc4ccccc4Cl)c(C)n3n2)cc1F. The Labute approximate surface area is 194 Å². The second-order valence-electron chi connectivity index (χ2n) is 7.44. The van der Waals surface area contributed by atoms with Gasteiger partial charge in [-0.05, 0) is 55.7 Å². The Hall–Kier alpha value is -2.97. The van der Waals surface area contributed by atoms with Gasteiger partial charge < -0.3 is 5.32 Å². The minimum atomic E-state index is -0.359. The zero-order valence-corrected chi connectivity index (χ0v) is 19.4. The summed E-state index contributed by atoms with van der Waals surface area (Å²) >= 11 is 7.53. The van der Waals surface area contributed by atoms with Gasteiger partial charge in [-0.25, -0.2) is 13.9 Å². The number of nitrogens with zero attached hydrogens (tertiary/aromatic N) is 4. The molecular formula is C23H21ClFN5OS. The number of nitrogens with one attached hydrogen (secondary N) is 1. The number of carbonyl (C=O) groups excluding carboxylic acids is 1. The Kier molecular flexibility index (Phi) is 6.43. The molecule has 1 N–H and O–H groups in total. The molecule has 0 spiro atoms. The topological polar surface area (TPSA) is 72.2 Å². The van der Waals surface area contributed by atoms with Crippen LogP contribution in [0.2, 0.25) is 5.02 Å². The van der Waals surface area contributed by atoms with Gasteiger partial charge >= 0.3 is 0 Å². The summed E-state index contributed by atoms with van der Waals surface area (Å²) in [5.74, 6) is -0.0533. The predicted molar refractivity (Wildman–Crippen MR) is 125 cm³/mol. The fourth-order valence-electron chi connectivity index (χ4n) is 3.34. The molecule has 164 valence electrons. The molecule has 0 aliphatic carbocycles. The first-order valence-electron chi connectivity index (χ1n) is 9.97. The molecule has 0 aliphatic heterocycles. The summed E-state index contributed by atoms with van der Waals surface area (Å²) in [6, 6.07) is 12.3. The maximum Gasteiger partial charge on any atom is 0.253 e. The third-order valence-electron chi connectivity index (χ3n) is 5.14. The van der Waals surface area contributed by atoms with Crippen molar-refractivity contribution < 1.29 is 9.18 Å². The van der Waals surface area contributed by atoms with Crippen LogP contribution in [0, 0.1) is 26.6 Å². The summed E-state index contributed by atoms with van der Waals surface area (Å²) in [6.45, 7) is 5.58. The molecule has 4 aromatic rings. The first kappa shape index (κ1) is 22.2. The van der Waals surface area contributed by atoms with E-state index in [-0.39, 0.29) is 17.5 Å². The smallest absolute Gasteiger partial charge is 0.253 e. The van der Waals surface area contributed by atoms with Crippen molar-refractivity contribution in [1.82, 2.24) is 19.6 Å². The van der Waals surface area contributed by atoms with Crippen LogP contribution in [-0.2, 0) is 11.2 Å². The molecule has 6 nitrogen and oxygen atoms in total. The number of rotatable bonds is 6. The van der Waals surface area contributed by atoms with Crippen molar-refractivity contribution in [3.05, 3.63) is 81.4 Å². The summed E-state index contributed by atoms with van der Waals surface area (Å²) in [5.41, 5.74) is 4.77. The number of halogens is 2. The molecule has 0 aliphatic rings. The van der Waals surface area contributed by atoms with Crippen molar-refractivity contribution in [2.45, 2.75) is 32.3 Å². The van der Waals surface area contributed by atoms with Crippen LogP contribution in [0.4, 0.5) is 10.1 Å². The number of carbonyl (C=O) groups is 1. The highest BCUT2D eigenvalue weighted by Crippen LogP contribution is 2.24. The molecule has 0 radical (unpaired) electrons. The van der Waals surface area contributed by atoms with Gasteiger partial charge in [0.05, 0.1) is 5.75 Å². The predicted octanol–water partition coefficient (Wildman–Crippen LogP) is 5.16. The van der Waals surface area contributed by atoms with E-state index in [0.717, 1.165) is 22.5 Å². The summed E-state index contributed by atoms with van der Waals surface area (Å²) in [4.78, 5) is 21.3. The normalized spacial score (nSPS) is 11.2. The number of thioether (sulfide) groups is 1. The number of aryl methyl sites for hydroxylation is 3. The van der Waals surface area contributed by atoms with Crippen molar-refractivity contribution in [2.75, 3.05) is 11.1 Å². The fraction of sp³-hybridized carbons (Fsp3) is 0.217. The summed E-state index contributed by atoms with van der Waals surface area (Å²) < 4.78 is 15.4. The first-order chi connectivity index (χ1) is 15.3. The molecule has 2 heterocycles. The van der Waals surface area contributed by atoms with E-state index in [1.54, 1.807) is 23.6 Å². The fourth-order valence-corrected chi connectivity index (χ4v) is 4.16. The number of fused-ring (bicyclic) bond motifs is 1. The summed E-state index contributed by atoms with van der Waals surface area (Å²) in [7, 11) is 0. The number of hydrogen-bond donors (Lipinski definition) is 1. The van der Waals surface area contributed by atoms with Crippen molar-refractivity contribution in [3.8, 4) is 0 Å². The van der Waals surface area contributed by atoms with Gasteiger partial charge in [0.1, 0.15) is 5.82 Å². The molecule has 0 saturated carbocycles. The van der Waals surface area contributed by atoms with E-state index in [1.165, 1.54) is 17.8 Å². The zero-order valence-electron chi connectivity index (χ0n) is 17.8. The van der Waals surface area contributed by atoms with Crippen LogP contribution in [-0.4, -0.2) is 31.2 Å². The Balaban J connectivity index is 1.49. The number of aromatic nitrogens is 4. The van der Waals surface area contributed by atoms with Crippen molar-refractivity contribution in [1.29, 1.82) is 0 Å². The Morgan fingerprint density at radius 3 is 2.69 bits per heavy atom. The van der Waals surface area contributed by atoms with Crippen LogP contribution in [0.5, 0.6) is 0 Å². The highest BCUT2D eigenvalue weighted by molar-refractivity contribution is 7.99. The molecule has 4 rings (SSSR count). The molecule has 1 amide bonds. The van der Waals surface area contributed by atoms with Gasteiger partial charge in [-0.3, -0.25) is 4.79 Å². The molecule has 0 atom stereocenters. The van der Waals surface area contributed by atoms with E-state index in [9.17, 15) is 9.18 Å². The van der Waals surface area contributed by atoms with E-state index in [1.807, 2.05) is 38.1 Å². The third kappa shape index (κ3) is 4.76. The molecule has 32 heavy (non-hydrogen) atoms. The Morgan fingerprint density at radius 1 is 1.16 bits per heavy atom. The molecule has 0 fully saturated rings. The van der Waals surface area contributed by atoms with E-state index in [4.69, 9.17) is 11.6 Å². The molecule has 9 heteroatoms. The molecular weight excluding hydrogens is 449 g/mol. The maximum absolute atomic E-state index is 13.7. The highest BCUT2D eigenvalue weighted by atomic mass is 35.5. The Morgan fingerprint density at radius 2 is 1.94 bits per heavy atom. The summed E-state index contributed by atoms with van der Waals surface area (Å²) in [6.07, 6.45) is 0.637. The molecule has 0 unspecified atom stereocenters. The van der Waals surface area contributed by atoms with Crippen LogP contribution in [0.3, 0.4) is 0 Å². The van der Waals surface area contributed by atoms with E-state index < -0.39 is 0 Å². The lowest BCUT2D eigenvalue weighted by atomic mass is 10.0. The van der Waals surface area contributed by atoms with Gasteiger partial charge in [0.25, 0.3) is 5.78 Å². The first-order valence-corrected chi connectivity index (χ1v) is 11.3. The van der Waals surface area contributed by atoms with Gasteiger partial charge in [-0.1, -0.05) is 47.6 Å². The van der Waals surface area contributed by atoms with Gasteiger partial charge in [0, 0.05) is 28.5 Å². The number of amides is 1. The average molecular weight is 470 g/mol. The van der Waals surface area contributed by atoms with E-state index in [2.05, 4.69) is 20.4 Å². The standard InChI is InChI=1S/C23H21ClFN5OS/c1-13-8-9-17(11-20(13)25)27-21(31)12-32-23-28-22-26-14(2)18(15(3)30(22)29-23)10-16-6-4-5-7-19(16)24/h4-9,11H,10,12H2,1-3H3,(H,27,31). The van der Waals surface area contributed by atoms with Gasteiger partial charge in [0.2, 0.25) is 11.1 Å². The highest BCUT2D eigenvalue weighted by Gasteiger charge is 2.16. The Bertz CT molecular complexity index is 1320. The number of hydrogen-bond acceptors (Lipinski definition) is 5. The van der Waals surface area contributed by atoms with Gasteiger partial charge in [-0.2, -0.15) is 4.98 Å². The minimum Gasteiger partial charge on any atom is -0.325 e. The van der Waals surface area contributed by atoms with E-state index >= 15 is 0 Å². The van der Waals surface area contributed by atoms with Crippen LogP contribution in [0.25, 0.3) is 5.78 Å². The minimum absolute atomic E-state index is 0.0941. The second kappa shape index (κ2) is 9.26. The average Bonchev–Trinajstić information content (AvgIpc) is 3.16. The van der Waals surface area contributed by atoms with Crippen LogP contribution in [0.1, 0.15) is 28.1 Å². The lowest BCUT2D eigenvalue weighted by molar-refractivity contribution is -0.113. The van der Waals surface area contributed by atoms with Crippen LogP contribution >= 0.6 is 23.4 Å². The van der Waals surface area contributed by atoms with Crippen LogP contribution in [0.15, 0.2) is 47.6 Å². The van der Waals surface area contributed by atoms with Crippen molar-refractivity contribution >= 4 is 40.7 Å². The van der Waals surface area contributed by atoms with Crippen molar-refractivity contribution in [3.63, 3.8) is 0 Å². The molecule has 0 bridgehead atoms. The largest absolute Gasteiger partial charge is 0.325 e. The van der Waals surface area contributed by atoms with Crippen molar-refractivity contribution in [2.24, 2.45) is 0 Å². The lowest BCUT2D eigenvalue weighted by Crippen LogP contribution is -2.14. The quantitative estimate of drug-likeness (QED) is 0.395. The third-order valence-corrected chi connectivity index (χ3v) is 6.35.